The number of carboxylic acids is 1. The molecule has 3 aromatic carbocycles. The Bertz CT molecular complexity index is 1180. The fourth-order valence-electron chi connectivity index (χ4n) is 3.97. The number of urea groups is 1. The van der Waals surface area contributed by atoms with E-state index in [0.29, 0.717) is 24.4 Å². The molecule has 0 radical (unpaired) electrons. The molecule has 0 unspecified atom stereocenters. The van der Waals surface area contributed by atoms with E-state index in [1.165, 1.54) is 0 Å². The van der Waals surface area contributed by atoms with Crippen LogP contribution in [-0.4, -0.2) is 40.6 Å². The fraction of sp³-hybridized carbons (Fsp3) is 0.286. The molecule has 2 amide bonds. The molecule has 0 bridgehead atoms. The number of aliphatic hydroxyl groups is 1. The van der Waals surface area contributed by atoms with Gasteiger partial charge in [0.25, 0.3) is 0 Å². The third kappa shape index (κ3) is 7.33. The zero-order chi connectivity index (χ0) is 26.2. The molecule has 4 rings (SSSR count). The van der Waals surface area contributed by atoms with Gasteiger partial charge in [-0.1, -0.05) is 36.4 Å². The van der Waals surface area contributed by atoms with E-state index in [4.69, 9.17) is 14.6 Å². The second kappa shape index (κ2) is 12.7. The van der Waals surface area contributed by atoms with E-state index in [0.717, 1.165) is 21.6 Å². The van der Waals surface area contributed by atoms with Crippen molar-refractivity contribution in [3.63, 3.8) is 0 Å². The molecule has 1 fully saturated rings. The van der Waals surface area contributed by atoms with Crippen molar-refractivity contribution >= 4 is 29.4 Å². The number of aliphatic hydroxyl groups excluding tert-OH is 1. The van der Waals surface area contributed by atoms with Crippen LogP contribution in [0.5, 0.6) is 0 Å². The Morgan fingerprint density at radius 3 is 2.24 bits per heavy atom. The lowest BCUT2D eigenvalue weighted by Crippen LogP contribution is -2.31. The van der Waals surface area contributed by atoms with Crippen molar-refractivity contribution in [1.29, 1.82) is 0 Å². The number of rotatable bonds is 9. The highest BCUT2D eigenvalue weighted by Crippen LogP contribution is 2.39. The molecule has 4 N–H and O–H groups in total. The molecular formula is C28H30N2O6S. The Hall–Kier alpha value is -3.37. The maximum atomic E-state index is 11.8. The molecule has 1 heterocycles. The number of benzene rings is 3. The summed E-state index contributed by atoms with van der Waals surface area (Å²) in [4.78, 5) is 23.9. The first-order chi connectivity index (χ1) is 17.9. The number of hydrogen-bond donors (Lipinski definition) is 4. The van der Waals surface area contributed by atoms with Crippen LogP contribution in [-0.2, 0) is 16.1 Å². The molecule has 37 heavy (non-hydrogen) atoms. The third-order valence-electron chi connectivity index (χ3n) is 5.93. The van der Waals surface area contributed by atoms with E-state index < -0.39 is 12.3 Å². The number of nitrogens with one attached hydrogen (secondary N) is 2. The summed E-state index contributed by atoms with van der Waals surface area (Å²) in [5.41, 5.74) is 3.58. The average molecular weight is 523 g/mol. The van der Waals surface area contributed by atoms with Crippen molar-refractivity contribution in [1.82, 2.24) is 5.32 Å². The molecule has 0 aliphatic carbocycles. The molecule has 3 atom stereocenters. The maximum Gasteiger partial charge on any atom is 0.335 e. The first-order valence-electron chi connectivity index (χ1n) is 12.1. The van der Waals surface area contributed by atoms with E-state index in [2.05, 4.69) is 10.6 Å². The van der Waals surface area contributed by atoms with Gasteiger partial charge in [0.1, 0.15) is 0 Å². The van der Waals surface area contributed by atoms with Gasteiger partial charge in [-0.15, -0.1) is 11.8 Å². The number of amides is 2. The summed E-state index contributed by atoms with van der Waals surface area (Å²) in [5, 5.41) is 24.0. The van der Waals surface area contributed by atoms with Crippen molar-refractivity contribution < 1.29 is 29.3 Å². The molecule has 1 aliphatic rings. The van der Waals surface area contributed by atoms with Gasteiger partial charge in [0.15, 0.2) is 6.29 Å². The van der Waals surface area contributed by atoms with Gasteiger partial charge < -0.3 is 30.3 Å². The van der Waals surface area contributed by atoms with Crippen LogP contribution in [0.2, 0.25) is 0 Å². The van der Waals surface area contributed by atoms with Gasteiger partial charge in [0.2, 0.25) is 0 Å². The van der Waals surface area contributed by atoms with Gasteiger partial charge in [0.05, 0.1) is 24.4 Å². The monoisotopic (exact) mass is 522 g/mol. The molecule has 194 valence electrons. The minimum atomic E-state index is -0.950. The van der Waals surface area contributed by atoms with Gasteiger partial charge in [-0.3, -0.25) is 0 Å². The number of thioether (sulfide) groups is 1. The molecular weight excluding hydrogens is 492 g/mol. The van der Waals surface area contributed by atoms with Crippen molar-refractivity contribution in [3.05, 3.63) is 95.1 Å². The zero-order valence-electron chi connectivity index (χ0n) is 20.4. The van der Waals surface area contributed by atoms with Crippen molar-refractivity contribution in [2.75, 3.05) is 17.6 Å². The van der Waals surface area contributed by atoms with E-state index in [-0.39, 0.29) is 30.4 Å². The standard InChI is InChI=1S/C28H30N2O6S/c1-2-29-28(34)30-22-11-7-21(8-12-22)27-35-23(17-37-24-13-9-20(10-14-24)26(32)33)15-25(36-27)19-5-3-18(16-31)4-6-19/h3-14,23,25,27,31H,2,15-17H2,1H3,(H,32,33)(H2,29,30,34)/t23-,25+,27+/m0/s1. The molecule has 0 spiro atoms. The van der Waals surface area contributed by atoms with Crippen LogP contribution in [0.4, 0.5) is 10.5 Å². The van der Waals surface area contributed by atoms with Gasteiger partial charge in [-0.25, -0.2) is 9.59 Å². The van der Waals surface area contributed by atoms with Crippen LogP contribution in [0.3, 0.4) is 0 Å². The van der Waals surface area contributed by atoms with Crippen molar-refractivity contribution in [3.8, 4) is 0 Å². The Morgan fingerprint density at radius 2 is 1.62 bits per heavy atom. The Balaban J connectivity index is 1.48. The molecule has 1 aliphatic heterocycles. The maximum absolute atomic E-state index is 11.8. The van der Waals surface area contributed by atoms with Crippen LogP contribution in [0.15, 0.2) is 77.7 Å². The minimum absolute atomic E-state index is 0.0197. The first-order valence-corrected chi connectivity index (χ1v) is 13.0. The summed E-state index contributed by atoms with van der Waals surface area (Å²) in [6.45, 7) is 2.37. The largest absolute Gasteiger partial charge is 0.478 e. The van der Waals surface area contributed by atoms with E-state index in [1.54, 1.807) is 36.0 Å². The lowest BCUT2D eigenvalue weighted by Gasteiger charge is -2.36. The number of ether oxygens (including phenoxy) is 2. The Labute approximate surface area is 220 Å². The highest BCUT2D eigenvalue weighted by molar-refractivity contribution is 7.99. The number of aromatic carboxylic acids is 1. The average Bonchev–Trinajstić information content (AvgIpc) is 2.92. The lowest BCUT2D eigenvalue weighted by atomic mass is 10.0. The summed E-state index contributed by atoms with van der Waals surface area (Å²) >= 11 is 1.60. The molecule has 0 saturated carbocycles. The summed E-state index contributed by atoms with van der Waals surface area (Å²) in [7, 11) is 0. The summed E-state index contributed by atoms with van der Waals surface area (Å²) in [5.74, 6) is -0.289. The van der Waals surface area contributed by atoms with Crippen LogP contribution in [0.1, 0.15) is 52.8 Å². The summed E-state index contributed by atoms with van der Waals surface area (Å²) < 4.78 is 12.7. The number of carboxylic acid groups (broad SMARTS) is 1. The predicted octanol–water partition coefficient (Wildman–Crippen LogP) is 5.36. The highest BCUT2D eigenvalue weighted by Gasteiger charge is 2.32. The third-order valence-corrected chi connectivity index (χ3v) is 7.07. The van der Waals surface area contributed by atoms with Gasteiger partial charge in [-0.05, 0) is 54.4 Å². The van der Waals surface area contributed by atoms with Gasteiger partial charge in [-0.2, -0.15) is 0 Å². The predicted molar refractivity (Wildman–Crippen MR) is 142 cm³/mol. The zero-order valence-corrected chi connectivity index (χ0v) is 21.2. The topological polar surface area (TPSA) is 117 Å². The van der Waals surface area contributed by atoms with E-state index in [1.807, 2.05) is 55.5 Å². The smallest absolute Gasteiger partial charge is 0.335 e. The normalized spacial score (nSPS) is 19.2. The lowest BCUT2D eigenvalue weighted by molar-refractivity contribution is -0.245. The van der Waals surface area contributed by atoms with Gasteiger partial charge >= 0.3 is 12.0 Å². The van der Waals surface area contributed by atoms with E-state index in [9.17, 15) is 14.7 Å². The second-order valence-electron chi connectivity index (χ2n) is 8.60. The molecule has 0 aromatic heterocycles. The molecule has 9 heteroatoms. The fourth-order valence-corrected chi connectivity index (χ4v) is 4.89. The highest BCUT2D eigenvalue weighted by atomic mass is 32.2. The van der Waals surface area contributed by atoms with E-state index >= 15 is 0 Å². The summed E-state index contributed by atoms with van der Waals surface area (Å²) in [6, 6.07) is 21.6. The number of carbonyl (C=O) groups is 2. The molecule has 8 nitrogen and oxygen atoms in total. The number of anilines is 1. The Morgan fingerprint density at radius 1 is 0.946 bits per heavy atom. The molecule has 3 aromatic rings. The van der Waals surface area contributed by atoms with Crippen LogP contribution < -0.4 is 10.6 Å². The van der Waals surface area contributed by atoms with Crippen LogP contribution in [0, 0.1) is 0 Å². The van der Waals surface area contributed by atoms with Crippen molar-refractivity contribution in [2.24, 2.45) is 0 Å². The second-order valence-corrected chi connectivity index (χ2v) is 9.69. The van der Waals surface area contributed by atoms with Crippen molar-refractivity contribution in [2.45, 2.75) is 43.3 Å². The SMILES string of the molecule is CCNC(=O)Nc1ccc([C@@H]2O[C@H](CSc3ccc(C(=O)O)cc3)C[C@H](c3ccc(CO)cc3)O2)cc1. The minimum Gasteiger partial charge on any atom is -0.478 e. The first kappa shape index (κ1) is 26.7. The Kier molecular flexibility index (Phi) is 9.19. The quantitative estimate of drug-likeness (QED) is 0.280. The number of hydrogen-bond acceptors (Lipinski definition) is 6. The number of carbonyl (C=O) groups excluding carboxylic acids is 1. The molecule has 1 saturated heterocycles. The van der Waals surface area contributed by atoms with Gasteiger partial charge in [0, 0.05) is 34.9 Å². The summed E-state index contributed by atoms with van der Waals surface area (Å²) in [6.07, 6.45) is -0.292. The van der Waals surface area contributed by atoms with Crippen LogP contribution in [0.25, 0.3) is 0 Å². The van der Waals surface area contributed by atoms with Crippen LogP contribution >= 0.6 is 11.8 Å².